The molecule has 1 atom stereocenters. The summed E-state index contributed by atoms with van der Waals surface area (Å²) in [6, 6.07) is 8.75. The van der Waals surface area contributed by atoms with Crippen LogP contribution in [-0.4, -0.2) is 35.1 Å². The highest BCUT2D eigenvalue weighted by Gasteiger charge is 2.53. The number of alkyl halides is 3. The molecule has 0 aromatic heterocycles. The van der Waals surface area contributed by atoms with Gasteiger partial charge >= 0.3 is 6.18 Å². The van der Waals surface area contributed by atoms with Crippen LogP contribution in [0.5, 0.6) is 0 Å². The largest absolute Gasteiger partial charge is 0.416 e. The molecule has 1 N–H and O–H groups in total. The van der Waals surface area contributed by atoms with Gasteiger partial charge in [0.1, 0.15) is 17.6 Å². The van der Waals surface area contributed by atoms with Crippen molar-refractivity contribution in [2.75, 3.05) is 6.61 Å². The van der Waals surface area contributed by atoms with E-state index in [-0.39, 0.29) is 24.5 Å². The minimum absolute atomic E-state index is 0.00161. The van der Waals surface area contributed by atoms with Gasteiger partial charge in [-0.15, -0.1) is 0 Å². The number of ether oxygens (including phenoxy) is 1. The average molecular weight is 464 g/mol. The van der Waals surface area contributed by atoms with Crippen molar-refractivity contribution in [3.05, 3.63) is 71.0 Å². The van der Waals surface area contributed by atoms with Crippen molar-refractivity contribution >= 4 is 11.8 Å². The highest BCUT2D eigenvalue weighted by atomic mass is 19.4. The molecule has 1 aliphatic carbocycles. The zero-order valence-electron chi connectivity index (χ0n) is 17.8. The summed E-state index contributed by atoms with van der Waals surface area (Å²) < 4.78 is 57.9. The fourth-order valence-electron chi connectivity index (χ4n) is 4.52. The van der Waals surface area contributed by atoms with E-state index in [0.717, 1.165) is 43.5 Å². The molecule has 2 aromatic carbocycles. The van der Waals surface area contributed by atoms with Crippen molar-refractivity contribution in [3.63, 3.8) is 0 Å². The summed E-state index contributed by atoms with van der Waals surface area (Å²) in [4.78, 5) is 27.9. The predicted molar refractivity (Wildman–Crippen MR) is 111 cm³/mol. The summed E-state index contributed by atoms with van der Waals surface area (Å²) in [7, 11) is 0. The second-order valence-corrected chi connectivity index (χ2v) is 8.43. The van der Waals surface area contributed by atoms with Gasteiger partial charge in [-0.25, -0.2) is 4.39 Å². The third-order valence-electron chi connectivity index (χ3n) is 6.26. The van der Waals surface area contributed by atoms with Gasteiger partial charge < -0.3 is 10.1 Å². The molecule has 0 radical (unpaired) electrons. The Hall–Kier alpha value is -2.94. The number of hydrogen-bond donors (Lipinski definition) is 1. The molecular formula is C24H24F4N2O3. The Labute approximate surface area is 188 Å². The lowest BCUT2D eigenvalue weighted by Crippen LogP contribution is -2.56. The lowest BCUT2D eigenvalue weighted by molar-refractivity contribution is -0.137. The van der Waals surface area contributed by atoms with Crippen molar-refractivity contribution in [3.8, 4) is 0 Å². The first kappa shape index (κ1) is 23.2. The first-order chi connectivity index (χ1) is 15.7. The monoisotopic (exact) mass is 464 g/mol. The van der Waals surface area contributed by atoms with Crippen molar-refractivity contribution in [2.24, 2.45) is 0 Å². The molecule has 1 saturated carbocycles. The van der Waals surface area contributed by atoms with Crippen molar-refractivity contribution in [2.45, 2.75) is 56.6 Å². The Bertz CT molecular complexity index is 1000. The quantitative estimate of drug-likeness (QED) is 0.670. The Balaban J connectivity index is 1.56. The fourth-order valence-corrected chi connectivity index (χ4v) is 4.52. The van der Waals surface area contributed by atoms with Gasteiger partial charge in [-0.3, -0.25) is 14.5 Å². The fraction of sp³-hybridized carbons (Fsp3) is 0.417. The molecule has 5 nitrogen and oxygen atoms in total. The van der Waals surface area contributed by atoms with Gasteiger partial charge in [0.25, 0.3) is 5.91 Å². The average Bonchev–Trinajstić information content (AvgIpc) is 3.16. The number of carbonyl (C=O) groups is 2. The topological polar surface area (TPSA) is 58.6 Å². The molecule has 1 spiro atoms. The second-order valence-electron chi connectivity index (χ2n) is 8.43. The van der Waals surface area contributed by atoms with Gasteiger partial charge in [0.15, 0.2) is 0 Å². The van der Waals surface area contributed by atoms with Crippen molar-refractivity contribution < 1.29 is 31.9 Å². The minimum Gasteiger partial charge on any atom is -0.353 e. The Kier molecular flexibility index (Phi) is 6.43. The molecule has 4 rings (SSSR count). The first-order valence-corrected chi connectivity index (χ1v) is 10.9. The Morgan fingerprint density at radius 2 is 1.64 bits per heavy atom. The van der Waals surface area contributed by atoms with E-state index in [1.54, 1.807) is 12.1 Å². The molecular weight excluding hydrogens is 440 g/mol. The highest BCUT2D eigenvalue weighted by molar-refractivity contribution is 5.98. The van der Waals surface area contributed by atoms with Gasteiger partial charge in [-0.2, -0.15) is 13.2 Å². The van der Waals surface area contributed by atoms with Crippen LogP contribution in [0.15, 0.2) is 48.5 Å². The minimum atomic E-state index is -4.51. The molecule has 0 bridgehead atoms. The molecule has 2 aliphatic rings. The number of halogens is 4. The molecule has 1 aliphatic heterocycles. The van der Waals surface area contributed by atoms with E-state index >= 15 is 0 Å². The summed E-state index contributed by atoms with van der Waals surface area (Å²) in [5.74, 6) is -1.35. The van der Waals surface area contributed by atoms with Gasteiger partial charge in [0.2, 0.25) is 5.91 Å². The van der Waals surface area contributed by atoms with Crippen LogP contribution < -0.4 is 5.32 Å². The van der Waals surface area contributed by atoms with Gasteiger partial charge in [-0.1, -0.05) is 18.6 Å². The first-order valence-electron chi connectivity index (χ1n) is 10.9. The number of nitrogens with zero attached hydrogens (tertiary/aromatic N) is 1. The van der Waals surface area contributed by atoms with E-state index < -0.39 is 35.3 Å². The van der Waals surface area contributed by atoms with Crippen molar-refractivity contribution in [1.29, 1.82) is 0 Å². The lowest BCUT2D eigenvalue weighted by atomic mass is 9.89. The maximum atomic E-state index is 13.5. The van der Waals surface area contributed by atoms with Crippen LogP contribution in [0.1, 0.15) is 53.6 Å². The van der Waals surface area contributed by atoms with Crippen LogP contribution >= 0.6 is 0 Å². The molecule has 2 amide bonds. The van der Waals surface area contributed by atoms with Crippen LogP contribution in [0.2, 0.25) is 0 Å². The maximum absolute atomic E-state index is 13.5. The summed E-state index contributed by atoms with van der Waals surface area (Å²) in [5, 5.41) is 2.76. The standard InChI is InChI=1S/C24H24F4N2O3/c25-19-10-4-16(5-11-19)14-29-21(31)20-15-33-23(12-2-1-3-13-23)30(20)22(32)17-6-8-18(9-7-17)24(26,27)28/h4-11,20H,1-3,12-15H2,(H,29,31)/t20-/m1/s1. The van der Waals surface area contributed by atoms with Crippen LogP contribution in [0.3, 0.4) is 0 Å². The molecule has 2 fully saturated rings. The number of amides is 2. The molecule has 1 saturated heterocycles. The summed E-state index contributed by atoms with van der Waals surface area (Å²) >= 11 is 0. The molecule has 0 unspecified atom stereocenters. The number of nitrogens with one attached hydrogen (secondary N) is 1. The summed E-state index contributed by atoms with van der Waals surface area (Å²) in [6.45, 7) is 0.145. The summed E-state index contributed by atoms with van der Waals surface area (Å²) in [5.41, 5.74) is -1.04. The van der Waals surface area contributed by atoms with E-state index in [1.165, 1.54) is 17.0 Å². The Morgan fingerprint density at radius 1 is 1.00 bits per heavy atom. The Morgan fingerprint density at radius 3 is 2.24 bits per heavy atom. The van der Waals surface area contributed by atoms with E-state index in [4.69, 9.17) is 4.74 Å². The number of carbonyl (C=O) groups excluding carboxylic acids is 2. The number of hydrogen-bond acceptors (Lipinski definition) is 3. The number of benzene rings is 2. The number of rotatable bonds is 4. The lowest BCUT2D eigenvalue weighted by Gasteiger charge is -2.41. The highest BCUT2D eigenvalue weighted by Crippen LogP contribution is 2.41. The maximum Gasteiger partial charge on any atom is 0.416 e. The van der Waals surface area contributed by atoms with Crippen LogP contribution in [0.25, 0.3) is 0 Å². The predicted octanol–water partition coefficient (Wildman–Crippen LogP) is 4.66. The SMILES string of the molecule is O=C(NCc1ccc(F)cc1)[C@H]1COC2(CCCCC2)N1C(=O)c1ccc(C(F)(F)F)cc1. The molecule has 33 heavy (non-hydrogen) atoms. The van der Waals surface area contributed by atoms with Crippen LogP contribution in [-0.2, 0) is 22.3 Å². The van der Waals surface area contributed by atoms with Crippen LogP contribution in [0, 0.1) is 5.82 Å². The zero-order chi connectivity index (χ0) is 23.6. The van der Waals surface area contributed by atoms with Crippen LogP contribution in [0.4, 0.5) is 17.6 Å². The van der Waals surface area contributed by atoms with E-state index in [9.17, 15) is 27.2 Å². The van der Waals surface area contributed by atoms with Crippen molar-refractivity contribution in [1.82, 2.24) is 10.2 Å². The van der Waals surface area contributed by atoms with E-state index in [0.29, 0.717) is 18.4 Å². The normalized spacial score (nSPS) is 20.1. The third-order valence-corrected chi connectivity index (χ3v) is 6.26. The smallest absolute Gasteiger partial charge is 0.353 e. The summed E-state index contributed by atoms with van der Waals surface area (Å²) in [6.07, 6.45) is -0.774. The molecule has 176 valence electrons. The zero-order valence-corrected chi connectivity index (χ0v) is 17.8. The van der Waals surface area contributed by atoms with Gasteiger partial charge in [0, 0.05) is 12.1 Å². The van der Waals surface area contributed by atoms with Gasteiger partial charge in [0.05, 0.1) is 12.2 Å². The third kappa shape index (κ3) is 4.88. The van der Waals surface area contributed by atoms with E-state index in [2.05, 4.69) is 5.32 Å². The molecule has 9 heteroatoms. The van der Waals surface area contributed by atoms with E-state index in [1.807, 2.05) is 0 Å². The molecule has 2 aromatic rings. The molecule has 1 heterocycles. The second kappa shape index (κ2) is 9.13. The van der Waals surface area contributed by atoms with Gasteiger partial charge in [-0.05, 0) is 67.6 Å².